The number of ether oxygens (including phenoxy) is 4. The average Bonchev–Trinajstić information content (AvgIpc) is 3.06. The van der Waals surface area contributed by atoms with Gasteiger partial charge in [0.15, 0.2) is 23.0 Å². The van der Waals surface area contributed by atoms with Crippen molar-refractivity contribution in [2.45, 2.75) is 26.4 Å². The third-order valence-corrected chi connectivity index (χ3v) is 6.33. The summed E-state index contributed by atoms with van der Waals surface area (Å²) < 4.78 is 24.9. The van der Waals surface area contributed by atoms with Crippen LogP contribution in [0.25, 0.3) is 0 Å². The fourth-order valence-corrected chi connectivity index (χ4v) is 4.49. The number of fused-ring (bicyclic) bond motifs is 2. The molecule has 1 N–H and O–H groups in total. The third-order valence-electron chi connectivity index (χ3n) is 5.83. The van der Waals surface area contributed by atoms with Gasteiger partial charge in [-0.05, 0) is 44.5 Å². The molecule has 0 radical (unpaired) electrons. The first kappa shape index (κ1) is 25.4. The lowest BCUT2D eigenvalue weighted by atomic mass is 10.2. The van der Waals surface area contributed by atoms with E-state index in [4.69, 9.17) is 18.9 Å². The molecule has 2 aliphatic rings. The highest BCUT2D eigenvalue weighted by Gasteiger charge is 2.21. The maximum Gasteiger partial charge on any atom is 0.250 e. The molecule has 0 spiro atoms. The van der Waals surface area contributed by atoms with Crippen LogP contribution in [0.1, 0.15) is 25.8 Å². The standard InChI is InChI=1S/C27H30BrN5O4/c1-18(2)36-24-15-22-19(13-23(24)35-10-4-7-33-8-11-34-12-9-33)16-29-25-26(30-17-31-27(25)37-22)32-21-6-3-5-20(28)14-21/h3,5-6,13-18H,4,7-12H2,1-2H3,(H,30,31,32). The van der Waals surface area contributed by atoms with Crippen LogP contribution in [0.4, 0.5) is 17.2 Å². The molecule has 2 aromatic carbocycles. The lowest BCUT2D eigenvalue weighted by Crippen LogP contribution is -2.37. The minimum Gasteiger partial charge on any atom is -0.490 e. The summed E-state index contributed by atoms with van der Waals surface area (Å²) in [5, 5.41) is 3.30. The van der Waals surface area contributed by atoms with E-state index in [-0.39, 0.29) is 6.10 Å². The molecular formula is C27H30BrN5O4. The minimum atomic E-state index is -0.0243. The molecule has 37 heavy (non-hydrogen) atoms. The zero-order valence-corrected chi connectivity index (χ0v) is 22.5. The predicted octanol–water partition coefficient (Wildman–Crippen LogP) is 5.73. The number of morpholine rings is 1. The molecule has 0 atom stereocenters. The average molecular weight is 568 g/mol. The molecule has 2 aliphatic heterocycles. The maximum absolute atomic E-state index is 6.21. The van der Waals surface area contributed by atoms with Gasteiger partial charge in [0.25, 0.3) is 5.88 Å². The van der Waals surface area contributed by atoms with E-state index in [1.807, 2.05) is 50.2 Å². The fourth-order valence-electron chi connectivity index (χ4n) is 4.09. The zero-order valence-electron chi connectivity index (χ0n) is 20.9. The Morgan fingerprint density at radius 1 is 1.11 bits per heavy atom. The van der Waals surface area contributed by atoms with E-state index in [1.165, 1.54) is 6.33 Å². The number of benzene rings is 2. The molecule has 1 fully saturated rings. The van der Waals surface area contributed by atoms with Crippen LogP contribution in [0, 0.1) is 0 Å². The first-order chi connectivity index (χ1) is 18.0. The Hall–Kier alpha value is -3.21. The predicted molar refractivity (Wildman–Crippen MR) is 146 cm³/mol. The van der Waals surface area contributed by atoms with Crippen molar-refractivity contribution in [1.29, 1.82) is 0 Å². The van der Waals surface area contributed by atoms with Crippen molar-refractivity contribution in [1.82, 2.24) is 14.9 Å². The number of aromatic nitrogens is 2. The Labute approximate surface area is 225 Å². The van der Waals surface area contributed by atoms with E-state index in [2.05, 4.69) is 41.1 Å². The minimum absolute atomic E-state index is 0.0243. The second-order valence-corrected chi connectivity index (χ2v) is 9.95. The molecule has 10 heteroatoms. The van der Waals surface area contributed by atoms with Gasteiger partial charge >= 0.3 is 0 Å². The first-order valence-electron chi connectivity index (χ1n) is 12.4. The highest BCUT2D eigenvalue weighted by Crippen LogP contribution is 2.43. The SMILES string of the molecule is CC(C)Oc1cc2c(cc1OCCCN1CCOCC1)C=Nc1c(Nc3cccc(Br)c3)ncnc1O2. The van der Waals surface area contributed by atoms with Crippen molar-refractivity contribution >= 4 is 39.3 Å². The van der Waals surface area contributed by atoms with E-state index in [1.54, 1.807) is 6.21 Å². The number of hydrogen-bond acceptors (Lipinski definition) is 9. The summed E-state index contributed by atoms with van der Waals surface area (Å²) in [5.41, 5.74) is 2.15. The maximum atomic E-state index is 6.21. The van der Waals surface area contributed by atoms with Gasteiger partial charge in [-0.3, -0.25) is 4.90 Å². The smallest absolute Gasteiger partial charge is 0.250 e. The van der Waals surface area contributed by atoms with Gasteiger partial charge in [-0.1, -0.05) is 22.0 Å². The van der Waals surface area contributed by atoms with Crippen molar-refractivity contribution in [2.24, 2.45) is 4.99 Å². The van der Waals surface area contributed by atoms with E-state index in [0.29, 0.717) is 41.2 Å². The molecule has 3 heterocycles. The summed E-state index contributed by atoms with van der Waals surface area (Å²) in [6.45, 7) is 9.05. The van der Waals surface area contributed by atoms with Gasteiger partial charge in [0, 0.05) is 47.6 Å². The van der Waals surface area contributed by atoms with Crippen LogP contribution in [-0.2, 0) is 4.74 Å². The molecule has 0 saturated carbocycles. The summed E-state index contributed by atoms with van der Waals surface area (Å²) >= 11 is 3.50. The molecule has 0 unspecified atom stereocenters. The van der Waals surface area contributed by atoms with Crippen molar-refractivity contribution in [3.8, 4) is 23.1 Å². The summed E-state index contributed by atoms with van der Waals surface area (Å²) in [7, 11) is 0. The highest BCUT2D eigenvalue weighted by atomic mass is 79.9. The van der Waals surface area contributed by atoms with Gasteiger partial charge in [0.1, 0.15) is 12.1 Å². The lowest BCUT2D eigenvalue weighted by molar-refractivity contribution is 0.0357. The van der Waals surface area contributed by atoms with E-state index < -0.39 is 0 Å². The number of rotatable bonds is 9. The van der Waals surface area contributed by atoms with E-state index in [0.717, 1.165) is 55.0 Å². The van der Waals surface area contributed by atoms with Gasteiger partial charge in [-0.15, -0.1) is 0 Å². The van der Waals surface area contributed by atoms with Crippen LogP contribution in [0.5, 0.6) is 23.1 Å². The topological polar surface area (TPSA) is 90.3 Å². The first-order valence-corrected chi connectivity index (χ1v) is 13.2. The molecule has 5 rings (SSSR count). The summed E-state index contributed by atoms with van der Waals surface area (Å²) in [6.07, 6.45) is 4.09. The number of nitrogens with zero attached hydrogens (tertiary/aromatic N) is 4. The Kier molecular flexibility index (Phi) is 8.18. The molecule has 0 amide bonds. The van der Waals surface area contributed by atoms with Gasteiger partial charge in [-0.25, -0.2) is 9.98 Å². The van der Waals surface area contributed by atoms with Crippen molar-refractivity contribution in [3.05, 3.63) is 52.8 Å². The largest absolute Gasteiger partial charge is 0.490 e. The molecule has 0 bridgehead atoms. The second kappa shape index (κ2) is 11.9. The monoisotopic (exact) mass is 567 g/mol. The fraction of sp³-hybridized carbons (Fsp3) is 0.370. The molecule has 194 valence electrons. The summed E-state index contributed by atoms with van der Waals surface area (Å²) in [6, 6.07) is 11.6. The Balaban J connectivity index is 1.36. The van der Waals surface area contributed by atoms with Gasteiger partial charge in [0.2, 0.25) is 0 Å². The summed E-state index contributed by atoms with van der Waals surface area (Å²) in [5.74, 6) is 2.78. The van der Waals surface area contributed by atoms with Gasteiger partial charge in [0.05, 0.1) is 25.9 Å². The summed E-state index contributed by atoms with van der Waals surface area (Å²) in [4.78, 5) is 15.8. The number of nitrogens with one attached hydrogen (secondary N) is 1. The quantitative estimate of drug-likeness (QED) is 0.256. The Morgan fingerprint density at radius 2 is 1.97 bits per heavy atom. The molecule has 9 nitrogen and oxygen atoms in total. The van der Waals surface area contributed by atoms with E-state index >= 15 is 0 Å². The molecule has 1 aromatic heterocycles. The third kappa shape index (κ3) is 6.57. The number of anilines is 2. The second-order valence-electron chi connectivity index (χ2n) is 9.03. The van der Waals surface area contributed by atoms with Gasteiger partial charge in [-0.2, -0.15) is 4.98 Å². The molecule has 0 aliphatic carbocycles. The molecule has 3 aromatic rings. The number of aliphatic imine (C=N–C) groups is 1. The van der Waals surface area contributed by atoms with Crippen LogP contribution in [0.2, 0.25) is 0 Å². The van der Waals surface area contributed by atoms with Crippen LogP contribution in [-0.4, -0.2) is 66.6 Å². The molecular weight excluding hydrogens is 538 g/mol. The lowest BCUT2D eigenvalue weighted by Gasteiger charge is -2.26. The van der Waals surface area contributed by atoms with Crippen LogP contribution < -0.4 is 19.5 Å². The van der Waals surface area contributed by atoms with Crippen LogP contribution in [0.3, 0.4) is 0 Å². The van der Waals surface area contributed by atoms with Gasteiger partial charge < -0.3 is 24.3 Å². The van der Waals surface area contributed by atoms with Crippen LogP contribution in [0.15, 0.2) is 52.2 Å². The van der Waals surface area contributed by atoms with E-state index in [9.17, 15) is 0 Å². The van der Waals surface area contributed by atoms with Crippen molar-refractivity contribution < 1.29 is 18.9 Å². The van der Waals surface area contributed by atoms with Crippen molar-refractivity contribution in [2.75, 3.05) is 44.8 Å². The zero-order chi connectivity index (χ0) is 25.6. The Bertz CT molecular complexity index is 1260. The van der Waals surface area contributed by atoms with Crippen molar-refractivity contribution in [3.63, 3.8) is 0 Å². The van der Waals surface area contributed by atoms with Crippen LogP contribution >= 0.6 is 15.9 Å². The normalized spacial score (nSPS) is 14.9. The highest BCUT2D eigenvalue weighted by molar-refractivity contribution is 9.10. The number of halogens is 1. The number of hydrogen-bond donors (Lipinski definition) is 1. The molecule has 1 saturated heterocycles. The Morgan fingerprint density at radius 3 is 2.78 bits per heavy atom.